The van der Waals surface area contributed by atoms with E-state index in [1.807, 2.05) is 36.5 Å². The van der Waals surface area contributed by atoms with Crippen molar-refractivity contribution in [2.45, 2.75) is 32.0 Å². The van der Waals surface area contributed by atoms with Crippen molar-refractivity contribution in [1.29, 1.82) is 0 Å². The molecule has 1 aliphatic carbocycles. The maximum atomic E-state index is 4.22. The highest BCUT2D eigenvalue weighted by Crippen LogP contribution is 2.19. The summed E-state index contributed by atoms with van der Waals surface area (Å²) in [6.45, 7) is 1.74. The van der Waals surface area contributed by atoms with Gasteiger partial charge < -0.3 is 9.88 Å². The lowest BCUT2D eigenvalue weighted by Gasteiger charge is -2.09. The second-order valence-electron chi connectivity index (χ2n) is 4.61. The Balaban J connectivity index is 1.69. The molecule has 0 saturated heterocycles. The Morgan fingerprint density at radius 1 is 1.41 bits per heavy atom. The van der Waals surface area contributed by atoms with Crippen LogP contribution in [-0.4, -0.2) is 25.4 Å². The van der Waals surface area contributed by atoms with Gasteiger partial charge in [-0.05, 0) is 18.9 Å². The van der Waals surface area contributed by atoms with E-state index in [0.29, 0.717) is 0 Å². The molecule has 2 aromatic rings. The Hall–Kier alpha value is -1.62. The van der Waals surface area contributed by atoms with Crippen LogP contribution in [0.5, 0.6) is 0 Å². The number of aromatic nitrogens is 4. The molecule has 0 amide bonds. The highest BCUT2D eigenvalue weighted by molar-refractivity contribution is 5.06. The SMILES string of the molecule is Cn1nccc1Cn1cncc1CNC1CC1. The lowest BCUT2D eigenvalue weighted by atomic mass is 10.4. The molecule has 90 valence electrons. The molecule has 2 heterocycles. The Bertz CT molecular complexity index is 494. The first-order chi connectivity index (χ1) is 8.33. The first kappa shape index (κ1) is 10.5. The first-order valence-electron chi connectivity index (χ1n) is 6.02. The average Bonchev–Trinajstić information content (AvgIpc) is 2.92. The molecular weight excluding hydrogens is 214 g/mol. The van der Waals surface area contributed by atoms with Crippen LogP contribution in [0.3, 0.4) is 0 Å². The van der Waals surface area contributed by atoms with Gasteiger partial charge in [0.25, 0.3) is 0 Å². The molecule has 0 spiro atoms. The fourth-order valence-electron chi connectivity index (χ4n) is 1.91. The Morgan fingerprint density at radius 2 is 2.29 bits per heavy atom. The van der Waals surface area contributed by atoms with Gasteiger partial charge >= 0.3 is 0 Å². The number of imidazole rings is 1. The van der Waals surface area contributed by atoms with Crippen LogP contribution < -0.4 is 5.32 Å². The third kappa shape index (κ3) is 2.39. The molecule has 5 nitrogen and oxygen atoms in total. The van der Waals surface area contributed by atoms with E-state index in [-0.39, 0.29) is 0 Å². The third-order valence-electron chi connectivity index (χ3n) is 3.20. The van der Waals surface area contributed by atoms with E-state index in [1.165, 1.54) is 24.2 Å². The van der Waals surface area contributed by atoms with Crippen molar-refractivity contribution in [3.8, 4) is 0 Å². The Kier molecular flexibility index (Phi) is 2.68. The van der Waals surface area contributed by atoms with Gasteiger partial charge in [0.2, 0.25) is 0 Å². The summed E-state index contributed by atoms with van der Waals surface area (Å²) in [5, 5.41) is 7.69. The molecule has 0 aliphatic heterocycles. The summed E-state index contributed by atoms with van der Waals surface area (Å²) >= 11 is 0. The third-order valence-corrected chi connectivity index (χ3v) is 3.20. The van der Waals surface area contributed by atoms with Gasteiger partial charge in [-0.25, -0.2) is 4.98 Å². The minimum absolute atomic E-state index is 0.732. The van der Waals surface area contributed by atoms with Crippen molar-refractivity contribution in [2.24, 2.45) is 7.05 Å². The number of rotatable bonds is 5. The summed E-state index contributed by atoms with van der Waals surface area (Å²) in [6.07, 6.45) is 8.28. The number of nitrogens with zero attached hydrogens (tertiary/aromatic N) is 4. The number of aryl methyl sites for hydroxylation is 1. The monoisotopic (exact) mass is 231 g/mol. The van der Waals surface area contributed by atoms with E-state index >= 15 is 0 Å². The van der Waals surface area contributed by atoms with Gasteiger partial charge in [-0.2, -0.15) is 5.10 Å². The highest BCUT2D eigenvalue weighted by Gasteiger charge is 2.20. The van der Waals surface area contributed by atoms with Crippen molar-refractivity contribution < 1.29 is 0 Å². The minimum Gasteiger partial charge on any atom is -0.327 e. The second-order valence-corrected chi connectivity index (χ2v) is 4.61. The van der Waals surface area contributed by atoms with Gasteiger partial charge in [-0.15, -0.1) is 0 Å². The highest BCUT2D eigenvalue weighted by atomic mass is 15.3. The molecule has 1 N–H and O–H groups in total. The van der Waals surface area contributed by atoms with E-state index in [9.17, 15) is 0 Å². The second kappa shape index (κ2) is 4.33. The molecule has 1 fully saturated rings. The fourth-order valence-corrected chi connectivity index (χ4v) is 1.91. The summed E-state index contributed by atoms with van der Waals surface area (Å²) in [4.78, 5) is 4.22. The topological polar surface area (TPSA) is 47.7 Å². The van der Waals surface area contributed by atoms with Crippen LogP contribution in [0.4, 0.5) is 0 Å². The summed E-state index contributed by atoms with van der Waals surface area (Å²) in [5.74, 6) is 0. The zero-order valence-electron chi connectivity index (χ0n) is 10.0. The zero-order chi connectivity index (χ0) is 11.7. The number of nitrogens with one attached hydrogen (secondary N) is 1. The molecular formula is C12H17N5. The predicted molar refractivity (Wildman–Crippen MR) is 64.4 cm³/mol. The molecule has 0 aromatic carbocycles. The van der Waals surface area contributed by atoms with Crippen LogP contribution in [0.25, 0.3) is 0 Å². The van der Waals surface area contributed by atoms with Gasteiger partial charge in [0, 0.05) is 32.0 Å². The molecule has 17 heavy (non-hydrogen) atoms. The number of hydrogen-bond donors (Lipinski definition) is 1. The van der Waals surface area contributed by atoms with Crippen LogP contribution >= 0.6 is 0 Å². The lowest BCUT2D eigenvalue weighted by Crippen LogP contribution is -2.18. The summed E-state index contributed by atoms with van der Waals surface area (Å²) in [7, 11) is 1.97. The van der Waals surface area contributed by atoms with E-state index in [4.69, 9.17) is 0 Å². The standard InChI is InChI=1S/C12H17N5/c1-16-11(4-5-15-16)8-17-9-13-6-12(17)7-14-10-2-3-10/h4-6,9-10,14H,2-3,7-8H2,1H3. The van der Waals surface area contributed by atoms with Crippen molar-refractivity contribution in [3.05, 3.63) is 36.2 Å². The lowest BCUT2D eigenvalue weighted by molar-refractivity contribution is 0.610. The van der Waals surface area contributed by atoms with Gasteiger partial charge in [0.15, 0.2) is 0 Å². The van der Waals surface area contributed by atoms with Gasteiger partial charge in [0.1, 0.15) is 0 Å². The van der Waals surface area contributed by atoms with Gasteiger partial charge in [0.05, 0.1) is 24.3 Å². The zero-order valence-corrected chi connectivity index (χ0v) is 10.0. The summed E-state index contributed by atoms with van der Waals surface area (Å²) in [6, 6.07) is 2.77. The average molecular weight is 231 g/mol. The Labute approximate surface area is 100 Å². The molecule has 0 bridgehead atoms. The van der Waals surface area contributed by atoms with E-state index < -0.39 is 0 Å². The molecule has 5 heteroatoms. The van der Waals surface area contributed by atoms with Crippen molar-refractivity contribution in [1.82, 2.24) is 24.6 Å². The minimum atomic E-state index is 0.732. The molecule has 1 saturated carbocycles. The molecule has 0 radical (unpaired) electrons. The van der Waals surface area contributed by atoms with Crippen LogP contribution in [0.2, 0.25) is 0 Å². The molecule has 2 aromatic heterocycles. The molecule has 0 atom stereocenters. The fraction of sp³-hybridized carbons (Fsp3) is 0.500. The summed E-state index contributed by atoms with van der Waals surface area (Å²) < 4.78 is 4.07. The molecule has 3 rings (SSSR count). The van der Waals surface area contributed by atoms with E-state index in [2.05, 4.69) is 20.0 Å². The maximum absolute atomic E-state index is 4.22. The van der Waals surface area contributed by atoms with Crippen molar-refractivity contribution >= 4 is 0 Å². The van der Waals surface area contributed by atoms with Crippen molar-refractivity contribution in [3.63, 3.8) is 0 Å². The first-order valence-corrected chi connectivity index (χ1v) is 6.02. The molecule has 1 aliphatic rings. The van der Waals surface area contributed by atoms with Gasteiger partial charge in [-0.1, -0.05) is 0 Å². The van der Waals surface area contributed by atoms with E-state index in [0.717, 1.165) is 19.1 Å². The number of hydrogen-bond acceptors (Lipinski definition) is 3. The van der Waals surface area contributed by atoms with Crippen LogP contribution in [0.1, 0.15) is 24.2 Å². The smallest absolute Gasteiger partial charge is 0.0952 e. The van der Waals surface area contributed by atoms with Crippen molar-refractivity contribution in [2.75, 3.05) is 0 Å². The normalized spacial score (nSPS) is 15.4. The van der Waals surface area contributed by atoms with Crippen LogP contribution in [0, 0.1) is 0 Å². The summed E-state index contributed by atoms with van der Waals surface area (Å²) in [5.41, 5.74) is 2.42. The predicted octanol–water partition coefficient (Wildman–Crippen LogP) is 0.917. The van der Waals surface area contributed by atoms with Crippen LogP contribution in [0.15, 0.2) is 24.8 Å². The largest absolute Gasteiger partial charge is 0.327 e. The Morgan fingerprint density at radius 3 is 3.00 bits per heavy atom. The quantitative estimate of drug-likeness (QED) is 0.832. The maximum Gasteiger partial charge on any atom is 0.0952 e. The van der Waals surface area contributed by atoms with Crippen LogP contribution in [-0.2, 0) is 20.1 Å². The van der Waals surface area contributed by atoms with Gasteiger partial charge in [-0.3, -0.25) is 4.68 Å². The van der Waals surface area contributed by atoms with E-state index in [1.54, 1.807) is 0 Å². The molecule has 0 unspecified atom stereocenters.